The third-order valence-electron chi connectivity index (χ3n) is 4.14. The number of piperidine rings is 1. The minimum Gasteiger partial charge on any atom is -0.351 e. The number of rotatable bonds is 4. The molecule has 144 valence electrons. The molecule has 0 atom stereocenters. The van der Waals surface area contributed by atoms with Gasteiger partial charge in [-0.1, -0.05) is 0 Å². The molecule has 8 heteroatoms. The maximum absolute atomic E-state index is 12.8. The summed E-state index contributed by atoms with van der Waals surface area (Å²) in [6.07, 6.45) is 1.01. The first-order valence-electron chi connectivity index (χ1n) is 8.69. The van der Waals surface area contributed by atoms with Gasteiger partial charge in [0.15, 0.2) is 0 Å². The molecule has 0 unspecified atom stereocenters. The summed E-state index contributed by atoms with van der Waals surface area (Å²) in [5, 5.41) is 5.56. The molecule has 1 aromatic rings. The molecule has 2 N–H and O–H groups in total. The van der Waals surface area contributed by atoms with Crippen LogP contribution in [0.4, 0.5) is 5.69 Å². The van der Waals surface area contributed by atoms with Gasteiger partial charge in [-0.15, -0.1) is 0 Å². The smallest absolute Gasteiger partial charge is 0.243 e. The molecule has 0 bridgehead atoms. The van der Waals surface area contributed by atoms with Crippen LogP contribution >= 0.6 is 0 Å². The lowest BCUT2D eigenvalue weighted by Gasteiger charge is -2.32. The standard InChI is InChI=1S/C18H27N3O4S/c1-13(22)19-15-5-7-16(8-6-15)26(24,25)21-11-9-14(10-12-21)17(23)20-18(2,3)4/h5-8,14H,9-12H2,1-4H3,(H,19,22)(H,20,23). The molecule has 1 aromatic carbocycles. The highest BCUT2D eigenvalue weighted by Crippen LogP contribution is 2.25. The van der Waals surface area contributed by atoms with Crippen molar-refractivity contribution >= 4 is 27.5 Å². The molecular weight excluding hydrogens is 354 g/mol. The highest BCUT2D eigenvalue weighted by atomic mass is 32.2. The normalized spacial score (nSPS) is 16.9. The van der Waals surface area contributed by atoms with Gasteiger partial charge in [0.2, 0.25) is 21.8 Å². The molecule has 0 aromatic heterocycles. The Labute approximate surface area is 155 Å². The largest absolute Gasteiger partial charge is 0.351 e. The molecule has 2 rings (SSSR count). The number of hydrogen-bond donors (Lipinski definition) is 2. The quantitative estimate of drug-likeness (QED) is 0.833. The number of amides is 2. The highest BCUT2D eigenvalue weighted by Gasteiger charge is 2.33. The van der Waals surface area contributed by atoms with Gasteiger partial charge < -0.3 is 10.6 Å². The number of carbonyl (C=O) groups excluding carboxylic acids is 2. The van der Waals surface area contributed by atoms with Crippen LogP contribution in [0.5, 0.6) is 0 Å². The number of anilines is 1. The van der Waals surface area contributed by atoms with Crippen LogP contribution in [0.1, 0.15) is 40.5 Å². The zero-order valence-electron chi connectivity index (χ0n) is 15.7. The summed E-state index contributed by atoms with van der Waals surface area (Å²) in [5.41, 5.74) is 0.254. The highest BCUT2D eigenvalue weighted by molar-refractivity contribution is 7.89. The third kappa shape index (κ3) is 5.28. The van der Waals surface area contributed by atoms with Crippen molar-refractivity contribution in [3.8, 4) is 0 Å². The molecule has 2 amide bonds. The molecule has 0 spiro atoms. The molecule has 0 radical (unpaired) electrons. The third-order valence-corrected chi connectivity index (χ3v) is 6.05. The number of benzene rings is 1. The Balaban J connectivity index is 2.01. The lowest BCUT2D eigenvalue weighted by Crippen LogP contribution is -2.47. The van der Waals surface area contributed by atoms with Crippen molar-refractivity contribution in [2.24, 2.45) is 5.92 Å². The lowest BCUT2D eigenvalue weighted by molar-refractivity contribution is -0.127. The van der Waals surface area contributed by atoms with Crippen LogP contribution in [0, 0.1) is 5.92 Å². The van der Waals surface area contributed by atoms with E-state index in [1.807, 2.05) is 20.8 Å². The molecule has 1 heterocycles. The number of carbonyl (C=O) groups is 2. The van der Waals surface area contributed by atoms with E-state index in [2.05, 4.69) is 10.6 Å². The van der Waals surface area contributed by atoms with Gasteiger partial charge in [-0.05, 0) is 57.9 Å². The van der Waals surface area contributed by atoms with E-state index in [1.165, 1.54) is 23.4 Å². The van der Waals surface area contributed by atoms with Crippen molar-refractivity contribution in [3.63, 3.8) is 0 Å². The molecule has 0 saturated carbocycles. The summed E-state index contributed by atoms with van der Waals surface area (Å²) >= 11 is 0. The average molecular weight is 381 g/mol. The minimum absolute atomic E-state index is 0.0193. The molecule has 1 aliphatic rings. The van der Waals surface area contributed by atoms with Crippen LogP contribution in [-0.2, 0) is 19.6 Å². The Morgan fingerprint density at radius 1 is 1.08 bits per heavy atom. The van der Waals surface area contributed by atoms with Gasteiger partial charge in [0.25, 0.3) is 0 Å². The second-order valence-electron chi connectivity index (χ2n) is 7.62. The minimum atomic E-state index is -3.60. The number of sulfonamides is 1. The van der Waals surface area contributed by atoms with Crippen LogP contribution in [-0.4, -0.2) is 43.2 Å². The van der Waals surface area contributed by atoms with Crippen molar-refractivity contribution < 1.29 is 18.0 Å². The van der Waals surface area contributed by atoms with E-state index >= 15 is 0 Å². The van der Waals surface area contributed by atoms with Gasteiger partial charge in [-0.3, -0.25) is 9.59 Å². The van der Waals surface area contributed by atoms with Gasteiger partial charge in [0.05, 0.1) is 4.90 Å². The van der Waals surface area contributed by atoms with Gasteiger partial charge in [-0.2, -0.15) is 4.31 Å². The Morgan fingerprint density at radius 2 is 1.62 bits per heavy atom. The molecule has 1 fully saturated rings. The predicted molar refractivity (Wildman–Crippen MR) is 100 cm³/mol. The van der Waals surface area contributed by atoms with Gasteiger partial charge >= 0.3 is 0 Å². The van der Waals surface area contributed by atoms with Crippen LogP contribution in [0.3, 0.4) is 0 Å². The molecule has 26 heavy (non-hydrogen) atoms. The lowest BCUT2D eigenvalue weighted by atomic mass is 9.96. The summed E-state index contributed by atoms with van der Waals surface area (Å²) in [4.78, 5) is 23.5. The van der Waals surface area contributed by atoms with Crippen molar-refractivity contribution in [3.05, 3.63) is 24.3 Å². The molecule has 0 aliphatic carbocycles. The van der Waals surface area contributed by atoms with Crippen LogP contribution in [0.15, 0.2) is 29.2 Å². The molecule has 7 nitrogen and oxygen atoms in total. The summed E-state index contributed by atoms with van der Waals surface area (Å²) < 4.78 is 26.9. The van der Waals surface area contributed by atoms with Crippen LogP contribution < -0.4 is 10.6 Å². The Hall–Kier alpha value is -1.93. The first-order chi connectivity index (χ1) is 12.0. The van der Waals surface area contributed by atoms with Crippen molar-refractivity contribution in [2.75, 3.05) is 18.4 Å². The fraction of sp³-hybridized carbons (Fsp3) is 0.556. The first kappa shape index (κ1) is 20.4. The topological polar surface area (TPSA) is 95.6 Å². The predicted octanol–water partition coefficient (Wildman–Crippen LogP) is 1.96. The maximum Gasteiger partial charge on any atom is 0.243 e. The summed E-state index contributed by atoms with van der Waals surface area (Å²) in [6, 6.07) is 6.10. The fourth-order valence-corrected chi connectivity index (χ4v) is 4.36. The van der Waals surface area contributed by atoms with E-state index in [-0.39, 0.29) is 28.2 Å². The Bertz CT molecular complexity index is 759. The number of nitrogens with one attached hydrogen (secondary N) is 2. The molecule has 1 aliphatic heterocycles. The van der Waals surface area contributed by atoms with Crippen molar-refractivity contribution in [2.45, 2.75) is 51.0 Å². The Kier molecular flexibility index (Phi) is 6.08. The monoisotopic (exact) mass is 381 g/mol. The summed E-state index contributed by atoms with van der Waals surface area (Å²) in [7, 11) is -3.60. The zero-order valence-corrected chi connectivity index (χ0v) is 16.5. The summed E-state index contributed by atoms with van der Waals surface area (Å²) in [6.45, 7) is 7.81. The number of nitrogens with zero attached hydrogens (tertiary/aromatic N) is 1. The summed E-state index contributed by atoms with van der Waals surface area (Å²) in [5.74, 6) is -0.395. The fourth-order valence-electron chi connectivity index (χ4n) is 2.89. The van der Waals surface area contributed by atoms with E-state index in [4.69, 9.17) is 0 Å². The van der Waals surface area contributed by atoms with Crippen LogP contribution in [0.2, 0.25) is 0 Å². The van der Waals surface area contributed by atoms with Gasteiger partial charge in [-0.25, -0.2) is 8.42 Å². The Morgan fingerprint density at radius 3 is 2.08 bits per heavy atom. The van der Waals surface area contributed by atoms with Crippen molar-refractivity contribution in [1.29, 1.82) is 0 Å². The SMILES string of the molecule is CC(=O)Nc1ccc(S(=O)(=O)N2CCC(C(=O)NC(C)(C)C)CC2)cc1. The second-order valence-corrected chi connectivity index (χ2v) is 9.56. The van der Waals surface area contributed by atoms with E-state index in [0.717, 1.165) is 0 Å². The molecule has 1 saturated heterocycles. The van der Waals surface area contributed by atoms with Gasteiger partial charge in [0, 0.05) is 37.2 Å². The van der Waals surface area contributed by atoms with E-state index in [9.17, 15) is 18.0 Å². The van der Waals surface area contributed by atoms with E-state index in [0.29, 0.717) is 31.6 Å². The van der Waals surface area contributed by atoms with Crippen LogP contribution in [0.25, 0.3) is 0 Å². The average Bonchev–Trinajstić information content (AvgIpc) is 2.53. The number of hydrogen-bond acceptors (Lipinski definition) is 4. The first-order valence-corrected chi connectivity index (χ1v) is 10.1. The zero-order chi connectivity index (χ0) is 19.5. The maximum atomic E-state index is 12.8. The van der Waals surface area contributed by atoms with E-state index < -0.39 is 10.0 Å². The van der Waals surface area contributed by atoms with E-state index in [1.54, 1.807) is 12.1 Å². The van der Waals surface area contributed by atoms with Gasteiger partial charge in [0.1, 0.15) is 0 Å². The molecular formula is C18H27N3O4S. The van der Waals surface area contributed by atoms with Crippen molar-refractivity contribution in [1.82, 2.24) is 9.62 Å². The second kappa shape index (κ2) is 7.75.